The molecule has 0 atom stereocenters. The first-order valence-corrected chi connectivity index (χ1v) is 9.76. The molecular weight excluding hydrogens is 374 g/mol. The molecule has 150 valence electrons. The summed E-state index contributed by atoms with van der Waals surface area (Å²) < 4.78 is 7.10. The third kappa shape index (κ3) is 4.25. The van der Waals surface area contributed by atoms with Gasteiger partial charge in [0.2, 0.25) is 11.7 Å². The highest BCUT2D eigenvalue weighted by atomic mass is 16.5. The molecule has 5 nitrogen and oxygen atoms in total. The molecule has 0 aliphatic rings. The van der Waals surface area contributed by atoms with E-state index in [2.05, 4.69) is 40.6 Å². The largest absolute Gasteiger partial charge is 0.490 e. The Morgan fingerprint density at radius 3 is 2.33 bits per heavy atom. The lowest BCUT2D eigenvalue weighted by molar-refractivity contribution is 0.402. The number of aromatic nitrogens is 2. The Hall–Kier alpha value is -3.86. The second-order valence-electron chi connectivity index (χ2n) is 7.07. The van der Waals surface area contributed by atoms with Crippen molar-refractivity contribution in [3.05, 3.63) is 107 Å². The number of aryl methyl sites for hydroxylation is 1. The SMILES string of the molecule is COc1cn(Cc2ccccc2)c(Nc2cc(-c3ccccc3)ccc2C)nc1=O. The maximum absolute atomic E-state index is 12.3. The summed E-state index contributed by atoms with van der Waals surface area (Å²) in [4.78, 5) is 16.6. The zero-order chi connectivity index (χ0) is 20.9. The molecule has 5 heteroatoms. The van der Waals surface area contributed by atoms with Gasteiger partial charge in [-0.15, -0.1) is 0 Å². The van der Waals surface area contributed by atoms with Gasteiger partial charge in [-0.05, 0) is 35.2 Å². The molecule has 1 N–H and O–H groups in total. The lowest BCUT2D eigenvalue weighted by atomic mass is 10.0. The fourth-order valence-electron chi connectivity index (χ4n) is 3.30. The Kier molecular flexibility index (Phi) is 5.61. The summed E-state index contributed by atoms with van der Waals surface area (Å²) in [5, 5.41) is 3.36. The second kappa shape index (κ2) is 8.66. The Balaban J connectivity index is 1.74. The number of rotatable bonds is 6. The molecule has 0 saturated carbocycles. The standard InChI is InChI=1S/C25H23N3O2/c1-18-13-14-21(20-11-7-4-8-12-20)15-22(18)26-25-27-24(29)23(30-2)17-28(25)16-19-9-5-3-6-10-19/h3-15,17H,16H2,1-2H3,(H,26,27,29). The minimum Gasteiger partial charge on any atom is -0.490 e. The van der Waals surface area contributed by atoms with Gasteiger partial charge in [0.1, 0.15) is 0 Å². The van der Waals surface area contributed by atoms with Gasteiger partial charge >= 0.3 is 5.56 Å². The summed E-state index contributed by atoms with van der Waals surface area (Å²) >= 11 is 0. The average Bonchev–Trinajstić information content (AvgIpc) is 2.78. The highest BCUT2D eigenvalue weighted by molar-refractivity contribution is 5.71. The first kappa shape index (κ1) is 19.5. The lowest BCUT2D eigenvalue weighted by Crippen LogP contribution is -2.19. The Morgan fingerprint density at radius 1 is 0.933 bits per heavy atom. The number of benzene rings is 3. The first-order chi connectivity index (χ1) is 14.6. The molecule has 30 heavy (non-hydrogen) atoms. The molecular formula is C25H23N3O2. The Bertz CT molecular complexity index is 1200. The highest BCUT2D eigenvalue weighted by Crippen LogP contribution is 2.27. The minimum atomic E-state index is -0.402. The van der Waals surface area contributed by atoms with E-state index in [0.29, 0.717) is 12.5 Å². The number of ether oxygens (including phenoxy) is 1. The molecule has 0 amide bonds. The van der Waals surface area contributed by atoms with Crippen molar-refractivity contribution in [3.8, 4) is 16.9 Å². The van der Waals surface area contributed by atoms with Crippen molar-refractivity contribution >= 4 is 11.6 Å². The molecule has 0 bridgehead atoms. The number of nitrogens with one attached hydrogen (secondary N) is 1. The van der Waals surface area contributed by atoms with Gasteiger partial charge in [0.05, 0.1) is 19.9 Å². The summed E-state index contributed by atoms with van der Waals surface area (Å²) in [7, 11) is 1.48. The van der Waals surface area contributed by atoms with Crippen LogP contribution in [0.5, 0.6) is 5.75 Å². The van der Waals surface area contributed by atoms with Gasteiger partial charge in [0.25, 0.3) is 0 Å². The summed E-state index contributed by atoms with van der Waals surface area (Å²) in [6, 6.07) is 26.5. The van der Waals surface area contributed by atoms with E-state index in [1.54, 1.807) is 6.20 Å². The van der Waals surface area contributed by atoms with E-state index in [9.17, 15) is 4.79 Å². The molecule has 0 spiro atoms. The smallest absolute Gasteiger partial charge is 0.316 e. The van der Waals surface area contributed by atoms with Crippen LogP contribution in [0.25, 0.3) is 11.1 Å². The summed E-state index contributed by atoms with van der Waals surface area (Å²) in [5.41, 5.74) is 4.88. The van der Waals surface area contributed by atoms with Crippen LogP contribution in [-0.4, -0.2) is 16.7 Å². The molecule has 0 aliphatic heterocycles. The van der Waals surface area contributed by atoms with Crippen LogP contribution in [0, 0.1) is 6.92 Å². The van der Waals surface area contributed by atoms with E-state index in [1.165, 1.54) is 7.11 Å². The van der Waals surface area contributed by atoms with Gasteiger partial charge in [-0.25, -0.2) is 0 Å². The normalized spacial score (nSPS) is 10.6. The maximum atomic E-state index is 12.3. The van der Waals surface area contributed by atoms with Gasteiger partial charge in [0.15, 0.2) is 0 Å². The molecule has 0 saturated heterocycles. The van der Waals surface area contributed by atoms with E-state index in [1.807, 2.05) is 60.0 Å². The minimum absolute atomic E-state index is 0.214. The fraction of sp³-hybridized carbons (Fsp3) is 0.120. The van der Waals surface area contributed by atoms with E-state index in [-0.39, 0.29) is 5.75 Å². The highest BCUT2D eigenvalue weighted by Gasteiger charge is 2.12. The van der Waals surface area contributed by atoms with Gasteiger partial charge in [-0.1, -0.05) is 72.8 Å². The van der Waals surface area contributed by atoms with Crippen molar-refractivity contribution in [2.75, 3.05) is 12.4 Å². The zero-order valence-electron chi connectivity index (χ0n) is 17.0. The quantitative estimate of drug-likeness (QED) is 0.496. The summed E-state index contributed by atoms with van der Waals surface area (Å²) in [6.07, 6.45) is 1.70. The van der Waals surface area contributed by atoms with E-state index in [0.717, 1.165) is 27.9 Å². The van der Waals surface area contributed by atoms with Crippen molar-refractivity contribution in [3.63, 3.8) is 0 Å². The van der Waals surface area contributed by atoms with Crippen LogP contribution in [0.4, 0.5) is 11.6 Å². The summed E-state index contributed by atoms with van der Waals surface area (Å²) in [5.74, 6) is 0.684. The van der Waals surface area contributed by atoms with Gasteiger partial charge < -0.3 is 14.6 Å². The van der Waals surface area contributed by atoms with Crippen LogP contribution < -0.4 is 15.6 Å². The predicted octanol–water partition coefficient (Wildman–Crippen LogP) is 5.02. The molecule has 0 radical (unpaired) electrons. The molecule has 0 aliphatic carbocycles. The molecule has 4 aromatic rings. The predicted molar refractivity (Wildman–Crippen MR) is 120 cm³/mol. The number of anilines is 2. The number of hydrogen-bond acceptors (Lipinski definition) is 4. The van der Waals surface area contributed by atoms with Crippen molar-refractivity contribution in [2.24, 2.45) is 0 Å². The monoisotopic (exact) mass is 397 g/mol. The number of hydrogen-bond donors (Lipinski definition) is 1. The fourth-order valence-corrected chi connectivity index (χ4v) is 3.30. The third-order valence-corrected chi connectivity index (χ3v) is 4.97. The molecule has 1 heterocycles. The van der Waals surface area contributed by atoms with Crippen LogP contribution >= 0.6 is 0 Å². The van der Waals surface area contributed by atoms with Crippen LogP contribution in [-0.2, 0) is 6.54 Å². The van der Waals surface area contributed by atoms with Gasteiger partial charge in [-0.3, -0.25) is 4.79 Å². The molecule has 1 aromatic heterocycles. The summed E-state index contributed by atoms with van der Waals surface area (Å²) in [6.45, 7) is 2.59. The molecule has 0 fully saturated rings. The van der Waals surface area contributed by atoms with E-state index < -0.39 is 5.56 Å². The molecule has 0 unspecified atom stereocenters. The van der Waals surface area contributed by atoms with Gasteiger partial charge in [0, 0.05) is 5.69 Å². The Morgan fingerprint density at radius 2 is 1.63 bits per heavy atom. The average molecular weight is 397 g/mol. The molecule has 3 aromatic carbocycles. The maximum Gasteiger partial charge on any atom is 0.316 e. The van der Waals surface area contributed by atoms with Crippen molar-refractivity contribution in [1.82, 2.24) is 9.55 Å². The lowest BCUT2D eigenvalue weighted by Gasteiger charge is -2.17. The van der Waals surface area contributed by atoms with E-state index in [4.69, 9.17) is 4.74 Å². The molecule has 4 rings (SSSR count). The van der Waals surface area contributed by atoms with Crippen LogP contribution in [0.2, 0.25) is 0 Å². The third-order valence-electron chi connectivity index (χ3n) is 4.97. The second-order valence-corrected chi connectivity index (χ2v) is 7.07. The van der Waals surface area contributed by atoms with Crippen molar-refractivity contribution in [1.29, 1.82) is 0 Å². The zero-order valence-corrected chi connectivity index (χ0v) is 17.0. The van der Waals surface area contributed by atoms with Crippen molar-refractivity contribution < 1.29 is 4.74 Å². The Labute approximate surface area is 175 Å². The topological polar surface area (TPSA) is 56.1 Å². The van der Waals surface area contributed by atoms with Crippen LogP contribution in [0.15, 0.2) is 89.9 Å². The number of nitrogens with zero attached hydrogens (tertiary/aromatic N) is 2. The van der Waals surface area contributed by atoms with Crippen LogP contribution in [0.3, 0.4) is 0 Å². The van der Waals surface area contributed by atoms with Crippen molar-refractivity contribution in [2.45, 2.75) is 13.5 Å². The number of methoxy groups -OCH3 is 1. The first-order valence-electron chi connectivity index (χ1n) is 9.76. The van der Waals surface area contributed by atoms with Crippen LogP contribution in [0.1, 0.15) is 11.1 Å². The van der Waals surface area contributed by atoms with Gasteiger partial charge in [-0.2, -0.15) is 4.98 Å². The van der Waals surface area contributed by atoms with E-state index >= 15 is 0 Å².